The zero-order valence-corrected chi connectivity index (χ0v) is 8.13. The molecule has 0 saturated heterocycles. The first-order valence-corrected chi connectivity index (χ1v) is 4.88. The van der Waals surface area contributed by atoms with Crippen LogP contribution in [0.15, 0.2) is 48.8 Å². The number of hydrogen-bond donors (Lipinski definition) is 0. The van der Waals surface area contributed by atoms with Gasteiger partial charge in [-0.1, -0.05) is 24.3 Å². The summed E-state index contributed by atoms with van der Waals surface area (Å²) in [6.45, 7) is 0.616. The largest absolute Gasteiger partial charge is 0.263 e. The molecule has 0 radical (unpaired) electrons. The highest BCUT2D eigenvalue weighted by molar-refractivity contribution is 5.92. The Bertz CT molecular complexity index is 517. The van der Waals surface area contributed by atoms with Crippen molar-refractivity contribution in [3.8, 4) is 0 Å². The Morgan fingerprint density at radius 1 is 1.20 bits per heavy atom. The molecule has 1 aliphatic rings. The Balaban J connectivity index is 2.21. The molecule has 1 aromatic heterocycles. The first-order valence-electron chi connectivity index (χ1n) is 4.88. The van der Waals surface area contributed by atoms with Crippen LogP contribution in [0, 0.1) is 0 Å². The second-order valence-electron chi connectivity index (χ2n) is 3.36. The standard InChI is InChI=1S/C12H10N2O/c1-2-5-11-10(4-1)6-7-13-12(11)14-8-3-9-15-14/h1-8H,9H2. The lowest BCUT2D eigenvalue weighted by atomic mass is 10.1. The normalized spacial score (nSPS) is 15.1. The fraction of sp³-hybridized carbons (Fsp3) is 0.0833. The molecule has 0 N–H and O–H groups in total. The lowest BCUT2D eigenvalue weighted by molar-refractivity contribution is 0.178. The molecule has 0 atom stereocenters. The van der Waals surface area contributed by atoms with Crippen LogP contribution < -0.4 is 5.06 Å². The third-order valence-electron chi connectivity index (χ3n) is 2.41. The second-order valence-corrected chi connectivity index (χ2v) is 3.36. The minimum Gasteiger partial charge on any atom is -0.263 e. The molecule has 2 heterocycles. The predicted molar refractivity (Wildman–Crippen MR) is 59.3 cm³/mol. The summed E-state index contributed by atoms with van der Waals surface area (Å²) >= 11 is 0. The summed E-state index contributed by atoms with van der Waals surface area (Å²) in [5.74, 6) is 0.849. The van der Waals surface area contributed by atoms with Gasteiger partial charge in [-0.2, -0.15) is 0 Å². The molecule has 0 saturated carbocycles. The van der Waals surface area contributed by atoms with Crippen LogP contribution in [0.25, 0.3) is 10.8 Å². The smallest absolute Gasteiger partial charge is 0.165 e. The van der Waals surface area contributed by atoms with E-state index in [1.807, 2.05) is 36.5 Å². The molecule has 0 spiro atoms. The summed E-state index contributed by atoms with van der Waals surface area (Å²) in [6, 6.07) is 10.1. The van der Waals surface area contributed by atoms with Gasteiger partial charge in [0.1, 0.15) is 0 Å². The Kier molecular flexibility index (Phi) is 1.89. The van der Waals surface area contributed by atoms with Crippen molar-refractivity contribution in [2.24, 2.45) is 0 Å². The van der Waals surface area contributed by atoms with E-state index in [2.05, 4.69) is 11.1 Å². The van der Waals surface area contributed by atoms with E-state index >= 15 is 0 Å². The third-order valence-corrected chi connectivity index (χ3v) is 2.41. The van der Waals surface area contributed by atoms with Gasteiger partial charge < -0.3 is 0 Å². The van der Waals surface area contributed by atoms with Crippen molar-refractivity contribution in [3.63, 3.8) is 0 Å². The summed E-state index contributed by atoms with van der Waals surface area (Å²) in [5.41, 5.74) is 0. The summed E-state index contributed by atoms with van der Waals surface area (Å²) in [4.78, 5) is 9.75. The highest BCUT2D eigenvalue weighted by atomic mass is 16.7. The zero-order valence-electron chi connectivity index (χ0n) is 8.13. The van der Waals surface area contributed by atoms with E-state index in [0.717, 1.165) is 11.2 Å². The van der Waals surface area contributed by atoms with Gasteiger partial charge >= 0.3 is 0 Å². The number of pyridine rings is 1. The van der Waals surface area contributed by atoms with Gasteiger partial charge in [0.25, 0.3) is 0 Å². The number of aromatic nitrogens is 1. The molecule has 1 aromatic carbocycles. The molecule has 3 nitrogen and oxygen atoms in total. The first-order chi connectivity index (χ1) is 7.45. The number of anilines is 1. The van der Waals surface area contributed by atoms with Gasteiger partial charge in [-0.25, -0.2) is 10.0 Å². The van der Waals surface area contributed by atoms with E-state index in [1.165, 1.54) is 5.39 Å². The van der Waals surface area contributed by atoms with Gasteiger partial charge in [-0.3, -0.25) is 4.84 Å². The van der Waals surface area contributed by atoms with Crippen LogP contribution in [0.5, 0.6) is 0 Å². The molecule has 0 fully saturated rings. The Labute approximate surface area is 87.6 Å². The van der Waals surface area contributed by atoms with Crippen LogP contribution in [0.1, 0.15) is 0 Å². The maximum absolute atomic E-state index is 5.41. The van der Waals surface area contributed by atoms with Crippen molar-refractivity contribution in [1.29, 1.82) is 0 Å². The van der Waals surface area contributed by atoms with Crippen molar-refractivity contribution >= 4 is 16.6 Å². The first kappa shape index (κ1) is 8.44. The molecule has 0 bridgehead atoms. The number of fused-ring (bicyclic) bond motifs is 1. The molecule has 3 rings (SSSR count). The molecule has 3 heteroatoms. The number of hydrogen-bond acceptors (Lipinski definition) is 3. The van der Waals surface area contributed by atoms with E-state index in [9.17, 15) is 0 Å². The van der Waals surface area contributed by atoms with E-state index in [-0.39, 0.29) is 0 Å². The molecule has 0 aliphatic carbocycles. The predicted octanol–water partition coefficient (Wildman–Crippen LogP) is 2.50. The molecular formula is C12H10N2O. The summed E-state index contributed by atoms with van der Waals surface area (Å²) in [5, 5.41) is 3.99. The monoisotopic (exact) mass is 198 g/mol. The fourth-order valence-electron chi connectivity index (χ4n) is 1.72. The summed E-state index contributed by atoms with van der Waals surface area (Å²) in [6.07, 6.45) is 5.66. The Hall–Kier alpha value is -1.87. The average molecular weight is 198 g/mol. The molecule has 0 unspecified atom stereocenters. The molecule has 1 aliphatic heterocycles. The van der Waals surface area contributed by atoms with Gasteiger partial charge in [0.15, 0.2) is 5.82 Å². The minimum absolute atomic E-state index is 0.616. The van der Waals surface area contributed by atoms with E-state index < -0.39 is 0 Å². The maximum atomic E-state index is 5.41. The van der Waals surface area contributed by atoms with E-state index in [1.54, 1.807) is 11.3 Å². The number of nitrogens with zero attached hydrogens (tertiary/aromatic N) is 2. The van der Waals surface area contributed by atoms with Crippen molar-refractivity contribution < 1.29 is 4.84 Å². The quantitative estimate of drug-likeness (QED) is 0.704. The van der Waals surface area contributed by atoms with Gasteiger partial charge in [-0.05, 0) is 17.5 Å². The molecular weight excluding hydrogens is 188 g/mol. The number of hydroxylamine groups is 1. The second kappa shape index (κ2) is 3.37. The molecule has 74 valence electrons. The number of benzene rings is 1. The van der Waals surface area contributed by atoms with E-state index in [4.69, 9.17) is 4.84 Å². The van der Waals surface area contributed by atoms with Crippen LogP contribution in [0.3, 0.4) is 0 Å². The van der Waals surface area contributed by atoms with Crippen molar-refractivity contribution in [1.82, 2.24) is 4.98 Å². The lowest BCUT2D eigenvalue weighted by Gasteiger charge is -2.14. The fourth-order valence-corrected chi connectivity index (χ4v) is 1.72. The van der Waals surface area contributed by atoms with Crippen molar-refractivity contribution in [3.05, 3.63) is 48.8 Å². The SMILES string of the molecule is C1=CN(c2nccc3ccccc23)OC1. The van der Waals surface area contributed by atoms with Gasteiger partial charge in [0.2, 0.25) is 0 Å². The molecule has 15 heavy (non-hydrogen) atoms. The van der Waals surface area contributed by atoms with E-state index in [0.29, 0.717) is 6.61 Å². The highest BCUT2D eigenvalue weighted by Gasteiger charge is 2.12. The molecule has 2 aromatic rings. The minimum atomic E-state index is 0.616. The molecule has 0 amide bonds. The van der Waals surface area contributed by atoms with Crippen LogP contribution in [0.4, 0.5) is 5.82 Å². The van der Waals surface area contributed by atoms with Crippen LogP contribution >= 0.6 is 0 Å². The zero-order chi connectivity index (χ0) is 10.1. The van der Waals surface area contributed by atoms with Crippen molar-refractivity contribution in [2.45, 2.75) is 0 Å². The Morgan fingerprint density at radius 3 is 3.00 bits per heavy atom. The maximum Gasteiger partial charge on any atom is 0.165 e. The Morgan fingerprint density at radius 2 is 2.13 bits per heavy atom. The van der Waals surface area contributed by atoms with Crippen molar-refractivity contribution in [2.75, 3.05) is 11.7 Å². The number of rotatable bonds is 1. The lowest BCUT2D eigenvalue weighted by Crippen LogP contribution is -2.12. The van der Waals surface area contributed by atoms with Crippen LogP contribution in [0.2, 0.25) is 0 Å². The van der Waals surface area contributed by atoms with Crippen LogP contribution in [-0.4, -0.2) is 11.6 Å². The van der Waals surface area contributed by atoms with Gasteiger partial charge in [0, 0.05) is 17.8 Å². The highest BCUT2D eigenvalue weighted by Crippen LogP contribution is 2.25. The van der Waals surface area contributed by atoms with Gasteiger partial charge in [0.05, 0.1) is 6.61 Å². The summed E-state index contributed by atoms with van der Waals surface area (Å²) in [7, 11) is 0. The summed E-state index contributed by atoms with van der Waals surface area (Å²) < 4.78 is 0. The van der Waals surface area contributed by atoms with Crippen LogP contribution in [-0.2, 0) is 4.84 Å². The topological polar surface area (TPSA) is 25.4 Å². The van der Waals surface area contributed by atoms with Gasteiger partial charge in [-0.15, -0.1) is 0 Å². The average Bonchev–Trinajstić information content (AvgIpc) is 2.82. The third kappa shape index (κ3) is 1.37.